The van der Waals surface area contributed by atoms with Gasteiger partial charge in [0.2, 0.25) is 11.2 Å². The molecule has 0 aliphatic carbocycles. The molecule has 4 aromatic heterocycles. The van der Waals surface area contributed by atoms with Crippen LogP contribution in [0.1, 0.15) is 63.8 Å². The molecule has 0 atom stereocenters. The van der Waals surface area contributed by atoms with Gasteiger partial charge in [-0.15, -0.1) is 0 Å². The number of nitrogens with two attached hydrogens (primary N) is 1. The average molecular weight is 910 g/mol. The molecule has 5 N–H and O–H groups in total. The van der Waals surface area contributed by atoms with Crippen LogP contribution in [0.4, 0.5) is 35.7 Å². The highest BCUT2D eigenvalue weighted by atomic mass is 35.5. The summed E-state index contributed by atoms with van der Waals surface area (Å²) in [4.78, 5) is 39.4. The number of anilines is 3. The van der Waals surface area contributed by atoms with Gasteiger partial charge in [0, 0.05) is 50.7 Å². The first-order valence-electron chi connectivity index (χ1n) is 19.3. The number of aryl methyl sites for hydroxylation is 4. The number of carbonyl (C=O) groups is 2. The van der Waals surface area contributed by atoms with Crippen LogP contribution < -0.4 is 21.7 Å². The van der Waals surface area contributed by atoms with Crippen molar-refractivity contribution >= 4 is 53.7 Å². The predicted octanol–water partition coefficient (Wildman–Crippen LogP) is 8.91. The van der Waals surface area contributed by atoms with E-state index in [1.54, 1.807) is 113 Å². The molecule has 0 spiro atoms. The third kappa shape index (κ3) is 17.5. The van der Waals surface area contributed by atoms with E-state index in [4.69, 9.17) is 26.8 Å². The second-order valence-electron chi connectivity index (χ2n) is 15.7. The summed E-state index contributed by atoms with van der Waals surface area (Å²) < 4.78 is 42.0. The quantitative estimate of drug-likeness (QED) is 0.0718. The lowest BCUT2D eigenvalue weighted by Gasteiger charge is -2.20. The summed E-state index contributed by atoms with van der Waals surface area (Å²) in [5.74, 6) is -0.795. The van der Waals surface area contributed by atoms with Gasteiger partial charge in [0.25, 0.3) is 0 Å². The van der Waals surface area contributed by atoms with Crippen LogP contribution >= 0.6 is 24.2 Å². The van der Waals surface area contributed by atoms with Gasteiger partial charge in [-0.25, -0.2) is 38.3 Å². The van der Waals surface area contributed by atoms with Crippen molar-refractivity contribution in [2.24, 2.45) is 14.1 Å². The van der Waals surface area contributed by atoms with E-state index in [9.17, 15) is 18.4 Å². The molecule has 0 bridgehead atoms. The maximum absolute atomic E-state index is 14.4. The number of nitrogens with zero attached hydrogens (tertiary/aromatic N) is 8. The summed E-state index contributed by atoms with van der Waals surface area (Å²) >= 11 is 9.25. The third-order valence-corrected chi connectivity index (χ3v) is 8.20. The van der Waals surface area contributed by atoms with Crippen LogP contribution in [0.25, 0.3) is 22.5 Å². The third-order valence-electron chi connectivity index (χ3n) is 8.02. The van der Waals surface area contributed by atoms with Gasteiger partial charge in [-0.3, -0.25) is 9.36 Å². The van der Waals surface area contributed by atoms with Crippen LogP contribution in [0.15, 0.2) is 73.6 Å². The maximum Gasteiger partial charge on any atom is 0.407 e. The fourth-order valence-electron chi connectivity index (χ4n) is 5.28. The Morgan fingerprint density at radius 1 is 0.730 bits per heavy atom. The largest absolute Gasteiger partial charge is 0.444 e. The number of nitrogens with one attached hydrogen (secondary N) is 3. The van der Waals surface area contributed by atoms with Gasteiger partial charge in [-0.2, -0.15) is 22.8 Å². The number of hydrogen-bond donors (Lipinski definition) is 5. The second-order valence-corrected chi connectivity index (χ2v) is 16.0. The van der Waals surface area contributed by atoms with Crippen molar-refractivity contribution in [2.45, 2.75) is 79.7 Å². The average Bonchev–Trinajstić information content (AvgIpc) is 3.80. The number of carbonyl (C=O) groups excluding carboxylic acids is 2. The fraction of sp³-hybridized carbons (Fsp3) is 0.349. The van der Waals surface area contributed by atoms with E-state index in [-0.39, 0.29) is 22.6 Å². The Hall–Kier alpha value is -6.34. The number of thiol groups is 1. The van der Waals surface area contributed by atoms with Crippen LogP contribution in [0.5, 0.6) is 0 Å². The Morgan fingerprint density at radius 2 is 1.19 bits per heavy atom. The Balaban J connectivity index is 0.000000285. The molecule has 0 unspecified atom stereocenters. The highest BCUT2D eigenvalue weighted by Crippen LogP contribution is 2.26. The van der Waals surface area contributed by atoms with Crippen LogP contribution in [0, 0.1) is 25.5 Å². The normalized spacial score (nSPS) is 10.8. The number of alkyl carbamates (subject to hydrolysis) is 2. The van der Waals surface area contributed by atoms with E-state index in [1.807, 2.05) is 33.0 Å². The Morgan fingerprint density at radius 3 is 1.59 bits per heavy atom. The van der Waals surface area contributed by atoms with Crippen molar-refractivity contribution in [1.29, 1.82) is 0 Å². The lowest BCUT2D eigenvalue weighted by atomic mass is 10.0. The number of benzene rings is 2. The molecular weight excluding hydrogens is 854 g/mol. The topological polar surface area (TPSA) is 202 Å². The molecule has 2 aromatic carbocycles. The summed E-state index contributed by atoms with van der Waals surface area (Å²) in [6.45, 7) is 15.2. The van der Waals surface area contributed by atoms with E-state index in [2.05, 4.69) is 58.7 Å². The second kappa shape index (κ2) is 23.2. The molecule has 6 rings (SSSR count). The molecule has 6 aromatic rings. The highest BCUT2D eigenvalue weighted by molar-refractivity contribution is 7.79. The molecule has 16 nitrogen and oxygen atoms in total. The monoisotopic (exact) mass is 908 g/mol. The standard InChI is InChI=1S/C21H25FN6O2.C17H19ClFN3O2.C4H7N3.CH4S/c1-13-8-14(6-7-15(13)9-24-20(29)30-21(2,3)4)18-17(22)11-23-19(27-18)26-16-10-25-28(5)12-16;1-10-7-11(14-13(19)9-20-15(18)22-14)5-6-12(10)8-21-16(23)24-17(2,3)4;1-7-3-4(5)2-6-7;1-2/h6-8,10-12H,9H2,1-5H3,(H,24,29)(H,23,26,27);5-7,9H,8H2,1-4H3,(H,21,23);2-3H,5H2,1H3;2H,1H3. The zero-order valence-electron chi connectivity index (χ0n) is 37.2. The van der Waals surface area contributed by atoms with Gasteiger partial charge in [0.15, 0.2) is 11.6 Å². The van der Waals surface area contributed by atoms with E-state index in [1.165, 1.54) is 0 Å². The molecule has 20 heteroatoms. The number of aromatic nitrogens is 8. The Kier molecular flexibility index (Phi) is 18.8. The first kappa shape index (κ1) is 51.0. The van der Waals surface area contributed by atoms with Crippen molar-refractivity contribution < 1.29 is 27.8 Å². The molecule has 4 heterocycles. The van der Waals surface area contributed by atoms with Gasteiger partial charge >= 0.3 is 12.2 Å². The van der Waals surface area contributed by atoms with Crippen LogP contribution in [-0.2, 0) is 36.7 Å². The van der Waals surface area contributed by atoms with Crippen molar-refractivity contribution in [3.8, 4) is 22.5 Å². The van der Waals surface area contributed by atoms with E-state index in [0.29, 0.717) is 35.6 Å². The van der Waals surface area contributed by atoms with Gasteiger partial charge < -0.3 is 31.2 Å². The Labute approximate surface area is 376 Å². The first-order valence-corrected chi connectivity index (χ1v) is 20.6. The van der Waals surface area contributed by atoms with E-state index >= 15 is 0 Å². The van der Waals surface area contributed by atoms with Crippen molar-refractivity contribution in [3.05, 3.63) is 113 Å². The summed E-state index contributed by atoms with van der Waals surface area (Å²) in [7, 11) is 3.63. The summed E-state index contributed by atoms with van der Waals surface area (Å²) in [6, 6.07) is 10.7. The molecule has 63 heavy (non-hydrogen) atoms. The van der Waals surface area contributed by atoms with E-state index < -0.39 is 35.0 Å². The number of nitrogen functional groups attached to an aromatic ring is 1. The van der Waals surface area contributed by atoms with Gasteiger partial charge in [0.05, 0.1) is 36.2 Å². The number of rotatable bonds is 8. The van der Waals surface area contributed by atoms with Crippen LogP contribution in [0.2, 0.25) is 5.28 Å². The number of halogens is 3. The zero-order chi connectivity index (χ0) is 47.1. The number of hydrogen-bond acceptors (Lipinski definition) is 13. The van der Waals surface area contributed by atoms with Crippen LogP contribution in [0.3, 0.4) is 0 Å². The molecule has 0 fully saturated rings. The zero-order valence-corrected chi connectivity index (χ0v) is 38.9. The highest BCUT2D eigenvalue weighted by Gasteiger charge is 2.18. The molecule has 2 amide bonds. The Bertz CT molecular complexity index is 2440. The number of ether oxygens (including phenoxy) is 2. The van der Waals surface area contributed by atoms with Gasteiger partial charge in [0.1, 0.15) is 22.6 Å². The molecule has 338 valence electrons. The molecule has 0 aliphatic heterocycles. The minimum absolute atomic E-state index is 0.0141. The van der Waals surface area contributed by atoms with Crippen molar-refractivity contribution in [2.75, 3.05) is 17.3 Å². The first-order chi connectivity index (χ1) is 29.5. The van der Waals surface area contributed by atoms with Crippen molar-refractivity contribution in [1.82, 2.24) is 50.1 Å². The lowest BCUT2D eigenvalue weighted by molar-refractivity contribution is 0.0512. The van der Waals surface area contributed by atoms with E-state index in [0.717, 1.165) is 34.6 Å². The summed E-state index contributed by atoms with van der Waals surface area (Å²) in [6.07, 6.45) is 9.65. The number of amides is 2. The van der Waals surface area contributed by atoms with Gasteiger partial charge in [-0.1, -0.05) is 24.3 Å². The van der Waals surface area contributed by atoms with Crippen molar-refractivity contribution in [3.63, 3.8) is 0 Å². The molecular formula is C43H55ClF2N12O4S. The molecule has 0 radical (unpaired) electrons. The predicted molar refractivity (Wildman–Crippen MR) is 245 cm³/mol. The molecule has 0 aliphatic rings. The van der Waals surface area contributed by atoms with Gasteiger partial charge in [-0.05, 0) is 108 Å². The maximum atomic E-state index is 14.4. The minimum Gasteiger partial charge on any atom is -0.444 e. The summed E-state index contributed by atoms with van der Waals surface area (Å²) in [5.41, 5.74) is 10.7. The smallest absolute Gasteiger partial charge is 0.407 e. The lowest BCUT2D eigenvalue weighted by Crippen LogP contribution is -2.32. The molecule has 0 saturated heterocycles. The summed E-state index contributed by atoms with van der Waals surface area (Å²) in [5, 5.41) is 16.3. The van der Waals surface area contributed by atoms with Crippen LogP contribution in [-0.4, -0.2) is 69.1 Å². The fourth-order valence-corrected chi connectivity index (χ4v) is 5.41. The minimum atomic E-state index is -0.560. The SMILES string of the molecule is CS.Cc1cc(-c2nc(Cl)ncc2F)ccc1CNC(=O)OC(C)(C)C.Cc1cc(-c2nc(Nc3cnn(C)c3)ncc2F)ccc1CNC(=O)OC(C)(C)C.Cn1cc(N)cn1. The molecule has 0 saturated carbocycles.